The number of aliphatic carboxylic acids is 1. The van der Waals surface area contributed by atoms with Gasteiger partial charge in [0.2, 0.25) is 0 Å². The first-order valence-electron chi connectivity index (χ1n) is 4.69. The molecule has 0 amide bonds. The Morgan fingerprint density at radius 1 is 1.47 bits per heavy atom. The second kappa shape index (κ2) is 5.61. The maximum atomic E-state index is 10.5. The van der Waals surface area contributed by atoms with Crippen LogP contribution in [0.2, 0.25) is 0 Å². The maximum absolute atomic E-state index is 10.5. The molecule has 80 valence electrons. The van der Waals surface area contributed by atoms with Crippen molar-refractivity contribution in [1.29, 1.82) is 0 Å². The van der Waals surface area contributed by atoms with Crippen molar-refractivity contribution in [3.8, 4) is 0 Å². The summed E-state index contributed by atoms with van der Waals surface area (Å²) in [6, 6.07) is 8.08. The molecule has 0 saturated heterocycles. The SMILES string of the molecule is CC(=CCSc1ccccc1C)C(=O)O. The number of benzene rings is 1. The van der Waals surface area contributed by atoms with Gasteiger partial charge in [0.25, 0.3) is 0 Å². The van der Waals surface area contributed by atoms with Gasteiger partial charge in [0, 0.05) is 16.2 Å². The molecule has 1 rings (SSSR count). The molecule has 0 bridgehead atoms. The van der Waals surface area contributed by atoms with Gasteiger partial charge >= 0.3 is 5.97 Å². The third kappa shape index (κ3) is 3.80. The van der Waals surface area contributed by atoms with Crippen LogP contribution in [0.1, 0.15) is 12.5 Å². The van der Waals surface area contributed by atoms with Gasteiger partial charge in [-0.05, 0) is 25.5 Å². The first kappa shape index (κ1) is 11.9. The minimum absolute atomic E-state index is 0.399. The fraction of sp³-hybridized carbons (Fsp3) is 0.250. The van der Waals surface area contributed by atoms with Crippen molar-refractivity contribution in [3.05, 3.63) is 41.5 Å². The van der Waals surface area contributed by atoms with Crippen molar-refractivity contribution in [2.45, 2.75) is 18.7 Å². The summed E-state index contributed by atoms with van der Waals surface area (Å²) in [7, 11) is 0. The zero-order valence-electron chi connectivity index (χ0n) is 8.86. The van der Waals surface area contributed by atoms with Crippen LogP contribution in [0.15, 0.2) is 40.8 Å². The Hall–Kier alpha value is -1.22. The number of carboxylic acids is 1. The van der Waals surface area contributed by atoms with E-state index in [0.717, 1.165) is 0 Å². The average molecular weight is 222 g/mol. The molecule has 0 aliphatic rings. The summed E-state index contributed by atoms with van der Waals surface area (Å²) in [5.41, 5.74) is 1.62. The highest BCUT2D eigenvalue weighted by Crippen LogP contribution is 2.21. The number of carboxylic acid groups (broad SMARTS) is 1. The third-order valence-electron chi connectivity index (χ3n) is 2.06. The highest BCUT2D eigenvalue weighted by atomic mass is 32.2. The predicted octanol–water partition coefficient (Wildman–Crippen LogP) is 3.12. The third-order valence-corrected chi connectivity index (χ3v) is 3.16. The molecule has 0 spiro atoms. The van der Waals surface area contributed by atoms with E-state index < -0.39 is 5.97 Å². The van der Waals surface area contributed by atoms with Crippen LogP contribution in [0, 0.1) is 6.92 Å². The second-order valence-electron chi connectivity index (χ2n) is 3.27. The lowest BCUT2D eigenvalue weighted by atomic mass is 10.2. The molecule has 15 heavy (non-hydrogen) atoms. The van der Waals surface area contributed by atoms with E-state index in [-0.39, 0.29) is 0 Å². The number of thioether (sulfide) groups is 1. The molecule has 0 heterocycles. The van der Waals surface area contributed by atoms with Crippen molar-refractivity contribution in [2.24, 2.45) is 0 Å². The highest BCUT2D eigenvalue weighted by Gasteiger charge is 1.99. The van der Waals surface area contributed by atoms with E-state index in [9.17, 15) is 4.79 Å². The average Bonchev–Trinajstić information content (AvgIpc) is 2.20. The zero-order chi connectivity index (χ0) is 11.3. The predicted molar refractivity (Wildman–Crippen MR) is 63.3 cm³/mol. The van der Waals surface area contributed by atoms with Gasteiger partial charge in [0.1, 0.15) is 0 Å². The largest absolute Gasteiger partial charge is 0.478 e. The Morgan fingerprint density at radius 2 is 2.13 bits per heavy atom. The van der Waals surface area contributed by atoms with Crippen LogP contribution in [0.4, 0.5) is 0 Å². The van der Waals surface area contributed by atoms with Crippen molar-refractivity contribution in [3.63, 3.8) is 0 Å². The van der Waals surface area contributed by atoms with E-state index in [4.69, 9.17) is 5.11 Å². The zero-order valence-corrected chi connectivity index (χ0v) is 9.67. The summed E-state index contributed by atoms with van der Waals surface area (Å²) in [4.78, 5) is 11.7. The normalized spacial score (nSPS) is 11.5. The van der Waals surface area contributed by atoms with Gasteiger partial charge in [-0.2, -0.15) is 0 Å². The van der Waals surface area contributed by atoms with Crippen molar-refractivity contribution >= 4 is 17.7 Å². The van der Waals surface area contributed by atoms with Gasteiger partial charge in [-0.15, -0.1) is 11.8 Å². The maximum Gasteiger partial charge on any atom is 0.330 e. The number of aryl methyl sites for hydroxylation is 1. The van der Waals surface area contributed by atoms with Gasteiger partial charge in [0.15, 0.2) is 0 Å². The van der Waals surface area contributed by atoms with Crippen LogP contribution in [0.3, 0.4) is 0 Å². The molecule has 1 aromatic rings. The van der Waals surface area contributed by atoms with Crippen molar-refractivity contribution in [2.75, 3.05) is 5.75 Å². The Morgan fingerprint density at radius 3 is 2.73 bits per heavy atom. The molecule has 1 aromatic carbocycles. The van der Waals surface area contributed by atoms with E-state index in [2.05, 4.69) is 13.0 Å². The molecule has 0 radical (unpaired) electrons. The molecule has 0 saturated carbocycles. The molecular formula is C12H14O2S. The van der Waals surface area contributed by atoms with Crippen LogP contribution >= 0.6 is 11.8 Å². The quantitative estimate of drug-likeness (QED) is 0.628. The number of hydrogen-bond donors (Lipinski definition) is 1. The lowest BCUT2D eigenvalue weighted by Gasteiger charge is -2.02. The number of rotatable bonds is 4. The molecule has 3 heteroatoms. The molecule has 2 nitrogen and oxygen atoms in total. The van der Waals surface area contributed by atoms with Crippen LogP contribution in [0.25, 0.3) is 0 Å². The first-order chi connectivity index (χ1) is 7.11. The lowest BCUT2D eigenvalue weighted by Crippen LogP contribution is -1.96. The van der Waals surface area contributed by atoms with Crippen LogP contribution < -0.4 is 0 Å². The van der Waals surface area contributed by atoms with Gasteiger partial charge in [-0.3, -0.25) is 0 Å². The molecule has 0 fully saturated rings. The summed E-state index contributed by atoms with van der Waals surface area (Å²) in [5, 5.41) is 8.66. The molecule has 0 aromatic heterocycles. The van der Waals surface area contributed by atoms with Crippen molar-refractivity contribution < 1.29 is 9.90 Å². The highest BCUT2D eigenvalue weighted by molar-refractivity contribution is 7.99. The van der Waals surface area contributed by atoms with E-state index >= 15 is 0 Å². The molecule has 1 N–H and O–H groups in total. The number of hydrogen-bond acceptors (Lipinski definition) is 2. The first-order valence-corrected chi connectivity index (χ1v) is 5.68. The topological polar surface area (TPSA) is 37.3 Å². The standard InChI is InChI=1S/C12H14O2S/c1-9-5-3-4-6-11(9)15-8-7-10(2)12(13)14/h3-7H,8H2,1-2H3,(H,13,14). The second-order valence-corrected chi connectivity index (χ2v) is 4.33. The van der Waals surface area contributed by atoms with E-state index in [0.29, 0.717) is 11.3 Å². The van der Waals surface area contributed by atoms with Gasteiger partial charge in [-0.1, -0.05) is 24.3 Å². The Balaban J connectivity index is 2.55. The molecular weight excluding hydrogens is 208 g/mol. The Kier molecular flexibility index (Phi) is 4.43. The minimum Gasteiger partial charge on any atom is -0.478 e. The molecule has 0 atom stereocenters. The van der Waals surface area contributed by atoms with Gasteiger partial charge < -0.3 is 5.11 Å². The molecule has 0 unspecified atom stereocenters. The fourth-order valence-corrected chi connectivity index (χ4v) is 2.05. The van der Waals surface area contributed by atoms with E-state index in [1.165, 1.54) is 10.5 Å². The summed E-state index contributed by atoms with van der Waals surface area (Å²) < 4.78 is 0. The molecule has 0 aliphatic carbocycles. The van der Waals surface area contributed by atoms with Crippen LogP contribution in [0.5, 0.6) is 0 Å². The van der Waals surface area contributed by atoms with Gasteiger partial charge in [0.05, 0.1) is 0 Å². The van der Waals surface area contributed by atoms with Crippen molar-refractivity contribution in [1.82, 2.24) is 0 Å². The smallest absolute Gasteiger partial charge is 0.330 e. The van der Waals surface area contributed by atoms with E-state index in [1.807, 2.05) is 18.2 Å². The summed E-state index contributed by atoms with van der Waals surface area (Å²) in [6.45, 7) is 3.66. The lowest BCUT2D eigenvalue weighted by molar-refractivity contribution is -0.132. The summed E-state index contributed by atoms with van der Waals surface area (Å²) >= 11 is 1.65. The summed E-state index contributed by atoms with van der Waals surface area (Å²) in [6.07, 6.45) is 1.74. The summed E-state index contributed by atoms with van der Waals surface area (Å²) in [5.74, 6) is -0.149. The number of carbonyl (C=O) groups is 1. The Bertz CT molecular complexity index is 383. The van der Waals surface area contributed by atoms with Gasteiger partial charge in [-0.25, -0.2) is 4.79 Å². The Labute approximate surface area is 94.0 Å². The molecule has 0 aliphatic heterocycles. The monoisotopic (exact) mass is 222 g/mol. The van der Waals surface area contributed by atoms with E-state index in [1.54, 1.807) is 24.8 Å². The van der Waals surface area contributed by atoms with Crippen LogP contribution in [-0.4, -0.2) is 16.8 Å². The minimum atomic E-state index is -0.847. The fourth-order valence-electron chi connectivity index (χ4n) is 1.06. The van der Waals surface area contributed by atoms with Crippen LogP contribution in [-0.2, 0) is 4.79 Å².